The van der Waals surface area contributed by atoms with Crippen LogP contribution in [0.1, 0.15) is 48.9 Å². The number of ether oxygens (including phenoxy) is 1. The lowest BCUT2D eigenvalue weighted by molar-refractivity contribution is 0.0931. The number of nitrogens with one attached hydrogen (secondary N) is 1. The monoisotopic (exact) mass is 317 g/mol. The molecule has 1 aromatic carbocycles. The van der Waals surface area contributed by atoms with Gasteiger partial charge in [-0.2, -0.15) is 0 Å². The maximum absolute atomic E-state index is 12.6. The highest BCUT2D eigenvalue weighted by Gasteiger charge is 2.30. The van der Waals surface area contributed by atoms with Crippen molar-refractivity contribution in [2.45, 2.75) is 50.6 Å². The van der Waals surface area contributed by atoms with E-state index in [2.05, 4.69) is 10.2 Å². The molecule has 1 heterocycles. The molecule has 1 atom stereocenters. The van der Waals surface area contributed by atoms with Crippen LogP contribution in [0, 0.1) is 0 Å². The quantitative estimate of drug-likeness (QED) is 0.837. The first-order chi connectivity index (χ1) is 11.2. The van der Waals surface area contributed by atoms with Crippen LogP contribution in [-0.2, 0) is 0 Å². The maximum atomic E-state index is 12.6. The van der Waals surface area contributed by atoms with E-state index in [4.69, 9.17) is 10.5 Å². The minimum atomic E-state index is -0.0929. The summed E-state index contributed by atoms with van der Waals surface area (Å²) in [7, 11) is 1.57. The number of hydrogen-bond acceptors (Lipinski definition) is 4. The van der Waals surface area contributed by atoms with Crippen LogP contribution in [0.2, 0.25) is 0 Å². The molecule has 1 unspecified atom stereocenters. The summed E-state index contributed by atoms with van der Waals surface area (Å²) in [5.41, 5.74) is 6.90. The van der Waals surface area contributed by atoms with Crippen LogP contribution in [0.5, 0.6) is 5.75 Å². The van der Waals surface area contributed by atoms with Crippen molar-refractivity contribution in [2.75, 3.05) is 25.9 Å². The number of methoxy groups -OCH3 is 1. The zero-order chi connectivity index (χ0) is 16.2. The van der Waals surface area contributed by atoms with Crippen molar-refractivity contribution >= 4 is 11.6 Å². The fraction of sp³-hybridized carbons (Fsp3) is 0.611. The molecule has 0 aromatic heterocycles. The third-order valence-electron chi connectivity index (χ3n) is 5.11. The maximum Gasteiger partial charge on any atom is 0.255 e. The fourth-order valence-electron chi connectivity index (χ4n) is 3.85. The van der Waals surface area contributed by atoms with Gasteiger partial charge in [-0.1, -0.05) is 19.3 Å². The van der Waals surface area contributed by atoms with Crippen LogP contribution in [0.3, 0.4) is 0 Å². The van der Waals surface area contributed by atoms with Crippen molar-refractivity contribution in [1.29, 1.82) is 0 Å². The number of likely N-dealkylation sites (tertiary alicyclic amines) is 1. The Hall–Kier alpha value is -1.75. The third-order valence-corrected chi connectivity index (χ3v) is 5.11. The van der Waals surface area contributed by atoms with E-state index in [0.717, 1.165) is 19.5 Å². The minimum absolute atomic E-state index is 0.0929. The van der Waals surface area contributed by atoms with Crippen LogP contribution in [-0.4, -0.2) is 43.1 Å². The Morgan fingerprint density at radius 2 is 2.04 bits per heavy atom. The molecule has 0 spiro atoms. The van der Waals surface area contributed by atoms with Gasteiger partial charge < -0.3 is 15.8 Å². The van der Waals surface area contributed by atoms with Gasteiger partial charge in [-0.15, -0.1) is 0 Å². The van der Waals surface area contributed by atoms with E-state index in [1.54, 1.807) is 25.3 Å². The van der Waals surface area contributed by atoms with Crippen molar-refractivity contribution < 1.29 is 9.53 Å². The zero-order valence-electron chi connectivity index (χ0n) is 13.9. The molecule has 1 amide bonds. The lowest BCUT2D eigenvalue weighted by atomic mass is 9.94. The summed E-state index contributed by atoms with van der Waals surface area (Å²) in [4.78, 5) is 15.1. The van der Waals surface area contributed by atoms with E-state index >= 15 is 0 Å². The van der Waals surface area contributed by atoms with Crippen LogP contribution in [0.25, 0.3) is 0 Å². The highest BCUT2D eigenvalue weighted by molar-refractivity contribution is 5.98. The third kappa shape index (κ3) is 3.78. The Morgan fingerprint density at radius 3 is 2.78 bits per heavy atom. The molecule has 2 fully saturated rings. The number of carbonyl (C=O) groups excluding carboxylic acids is 1. The van der Waals surface area contributed by atoms with Crippen LogP contribution >= 0.6 is 0 Å². The molecule has 5 heteroatoms. The minimum Gasteiger partial charge on any atom is -0.496 e. The normalized spacial score (nSPS) is 22.9. The van der Waals surface area contributed by atoms with Crippen molar-refractivity contribution in [3.63, 3.8) is 0 Å². The Bertz CT molecular complexity index is 555. The van der Waals surface area contributed by atoms with Crippen LogP contribution in [0.15, 0.2) is 18.2 Å². The van der Waals surface area contributed by atoms with Crippen LogP contribution < -0.4 is 15.8 Å². The number of carbonyl (C=O) groups is 1. The Labute approximate surface area is 138 Å². The lowest BCUT2D eigenvalue weighted by Crippen LogP contribution is -2.40. The molecule has 0 bridgehead atoms. The predicted octanol–water partition coefficient (Wildman–Crippen LogP) is 2.41. The smallest absolute Gasteiger partial charge is 0.255 e. The topological polar surface area (TPSA) is 67.6 Å². The van der Waals surface area contributed by atoms with Gasteiger partial charge in [0.2, 0.25) is 0 Å². The molecule has 3 rings (SSSR count). The molecule has 5 nitrogen and oxygen atoms in total. The van der Waals surface area contributed by atoms with Crippen molar-refractivity contribution in [1.82, 2.24) is 10.2 Å². The van der Waals surface area contributed by atoms with Gasteiger partial charge in [0.25, 0.3) is 5.91 Å². The van der Waals surface area contributed by atoms with Gasteiger partial charge in [0, 0.05) is 30.9 Å². The van der Waals surface area contributed by atoms with Gasteiger partial charge in [-0.3, -0.25) is 9.69 Å². The summed E-state index contributed by atoms with van der Waals surface area (Å²) in [6.07, 6.45) is 7.71. The largest absolute Gasteiger partial charge is 0.496 e. The molecule has 0 radical (unpaired) electrons. The zero-order valence-corrected chi connectivity index (χ0v) is 13.9. The Balaban J connectivity index is 1.59. The van der Waals surface area contributed by atoms with E-state index in [9.17, 15) is 4.79 Å². The van der Waals surface area contributed by atoms with E-state index in [0.29, 0.717) is 23.0 Å². The second-order valence-corrected chi connectivity index (χ2v) is 6.71. The first-order valence-corrected chi connectivity index (χ1v) is 8.66. The number of nitrogen functional groups attached to an aromatic ring is 1. The van der Waals surface area contributed by atoms with E-state index < -0.39 is 0 Å². The molecule has 126 valence electrons. The first-order valence-electron chi connectivity index (χ1n) is 8.66. The number of benzene rings is 1. The number of amides is 1. The highest BCUT2D eigenvalue weighted by atomic mass is 16.5. The molecule has 1 saturated carbocycles. The predicted molar refractivity (Wildman–Crippen MR) is 91.7 cm³/mol. The van der Waals surface area contributed by atoms with E-state index in [1.807, 2.05) is 0 Å². The summed E-state index contributed by atoms with van der Waals surface area (Å²) < 4.78 is 5.28. The molecule has 2 aliphatic rings. The SMILES string of the molecule is COc1ccc(N)cc1C(=O)NC1CCN(C2CCCCC2)C1. The summed E-state index contributed by atoms with van der Waals surface area (Å²) in [5, 5.41) is 3.15. The van der Waals surface area contributed by atoms with Crippen molar-refractivity contribution in [2.24, 2.45) is 0 Å². The molecule has 1 aliphatic carbocycles. The second kappa shape index (κ2) is 7.21. The van der Waals surface area contributed by atoms with Gasteiger partial charge in [-0.25, -0.2) is 0 Å². The number of hydrogen-bond donors (Lipinski definition) is 2. The molecule has 3 N–H and O–H groups in total. The molecule has 1 saturated heterocycles. The summed E-state index contributed by atoms with van der Waals surface area (Å²) in [5.74, 6) is 0.475. The summed E-state index contributed by atoms with van der Waals surface area (Å²) >= 11 is 0. The fourth-order valence-corrected chi connectivity index (χ4v) is 3.85. The molecular formula is C18H27N3O2. The Morgan fingerprint density at radius 1 is 1.26 bits per heavy atom. The average molecular weight is 317 g/mol. The number of rotatable bonds is 4. The summed E-state index contributed by atoms with van der Waals surface area (Å²) in [6, 6.07) is 6.11. The molecule has 1 aromatic rings. The van der Waals surface area contributed by atoms with Gasteiger partial charge >= 0.3 is 0 Å². The van der Waals surface area contributed by atoms with Gasteiger partial charge in [0.1, 0.15) is 5.75 Å². The first kappa shape index (κ1) is 16.1. The highest BCUT2D eigenvalue weighted by Crippen LogP contribution is 2.26. The second-order valence-electron chi connectivity index (χ2n) is 6.71. The van der Waals surface area contributed by atoms with Crippen molar-refractivity contribution in [3.8, 4) is 5.75 Å². The number of anilines is 1. The van der Waals surface area contributed by atoms with Crippen LogP contribution in [0.4, 0.5) is 5.69 Å². The van der Waals surface area contributed by atoms with E-state index in [-0.39, 0.29) is 11.9 Å². The molecular weight excluding hydrogens is 290 g/mol. The number of nitrogens with two attached hydrogens (primary N) is 1. The van der Waals surface area contributed by atoms with Gasteiger partial charge in [0.15, 0.2) is 0 Å². The summed E-state index contributed by atoms with van der Waals surface area (Å²) in [6.45, 7) is 2.05. The average Bonchev–Trinajstić information content (AvgIpc) is 3.04. The van der Waals surface area contributed by atoms with Gasteiger partial charge in [0.05, 0.1) is 12.7 Å². The van der Waals surface area contributed by atoms with E-state index in [1.165, 1.54) is 32.1 Å². The Kier molecular flexibility index (Phi) is 5.06. The number of nitrogens with zero attached hydrogens (tertiary/aromatic N) is 1. The molecule has 23 heavy (non-hydrogen) atoms. The lowest BCUT2D eigenvalue weighted by Gasteiger charge is -2.31. The molecule has 1 aliphatic heterocycles. The van der Waals surface area contributed by atoms with Gasteiger partial charge in [-0.05, 0) is 37.5 Å². The van der Waals surface area contributed by atoms with Crippen molar-refractivity contribution in [3.05, 3.63) is 23.8 Å². The standard InChI is InChI=1S/C18H27N3O2/c1-23-17-8-7-13(19)11-16(17)18(22)20-14-9-10-21(12-14)15-5-3-2-4-6-15/h7-8,11,14-15H,2-6,9-10,12,19H2,1H3,(H,20,22).